The van der Waals surface area contributed by atoms with Crippen LogP contribution in [-0.4, -0.2) is 28.6 Å². The maximum absolute atomic E-state index is 12.3. The van der Waals surface area contributed by atoms with Crippen molar-refractivity contribution < 1.29 is 9.90 Å². The molecule has 0 spiro atoms. The minimum absolute atomic E-state index is 0.0507. The van der Waals surface area contributed by atoms with Crippen LogP contribution in [0, 0.1) is 5.41 Å². The second kappa shape index (κ2) is 5.69. The van der Waals surface area contributed by atoms with Crippen molar-refractivity contribution in [2.45, 2.75) is 26.9 Å². The first-order valence-corrected chi connectivity index (χ1v) is 6.87. The second-order valence-corrected chi connectivity index (χ2v) is 6.17. The van der Waals surface area contributed by atoms with Crippen LogP contribution in [0.1, 0.15) is 31.1 Å². The number of aromatic amines is 1. The van der Waals surface area contributed by atoms with Crippen molar-refractivity contribution in [3.63, 3.8) is 0 Å². The molecule has 112 valence electrons. The lowest BCUT2D eigenvalue weighted by Crippen LogP contribution is -2.40. The number of carbonyl (C=O) groups excluding carboxylic acids is 1. The van der Waals surface area contributed by atoms with Crippen molar-refractivity contribution in [1.29, 1.82) is 0 Å². The van der Waals surface area contributed by atoms with E-state index in [4.69, 9.17) is 0 Å². The van der Waals surface area contributed by atoms with Crippen LogP contribution in [0.4, 0.5) is 0 Å². The quantitative estimate of drug-likeness (QED) is 0.803. The molecule has 3 N–H and O–H groups in total. The Labute approximate surface area is 123 Å². The molecule has 0 saturated carbocycles. The first kappa shape index (κ1) is 15.3. The molecule has 1 aromatic carbocycles. The SMILES string of the molecule is CC(C)(C)C(O)CNC(=O)c1c[nH]c2ccccc2c1=O. The number of hydrogen-bond acceptors (Lipinski definition) is 3. The fraction of sp³-hybridized carbons (Fsp3) is 0.375. The smallest absolute Gasteiger partial charge is 0.256 e. The number of para-hydroxylation sites is 1. The number of H-pyrrole nitrogens is 1. The molecular formula is C16H20N2O3. The largest absolute Gasteiger partial charge is 0.391 e. The molecule has 0 aliphatic rings. The molecule has 0 saturated heterocycles. The van der Waals surface area contributed by atoms with Crippen LogP contribution < -0.4 is 10.7 Å². The highest BCUT2D eigenvalue weighted by Gasteiger charge is 2.23. The van der Waals surface area contributed by atoms with E-state index in [9.17, 15) is 14.7 Å². The Morgan fingerprint density at radius 2 is 2.00 bits per heavy atom. The van der Waals surface area contributed by atoms with E-state index in [1.165, 1.54) is 6.20 Å². The van der Waals surface area contributed by atoms with E-state index in [1.807, 2.05) is 26.8 Å². The molecule has 0 fully saturated rings. The number of aliphatic hydroxyl groups excluding tert-OH is 1. The molecule has 0 bridgehead atoms. The fourth-order valence-corrected chi connectivity index (χ4v) is 1.93. The summed E-state index contributed by atoms with van der Waals surface area (Å²) in [5, 5.41) is 13.0. The number of pyridine rings is 1. The third kappa shape index (κ3) is 3.31. The number of carbonyl (C=O) groups is 1. The zero-order valence-electron chi connectivity index (χ0n) is 12.4. The van der Waals surface area contributed by atoms with Crippen molar-refractivity contribution in [2.75, 3.05) is 6.54 Å². The minimum Gasteiger partial charge on any atom is -0.391 e. The van der Waals surface area contributed by atoms with Gasteiger partial charge >= 0.3 is 0 Å². The lowest BCUT2D eigenvalue weighted by Gasteiger charge is -2.25. The van der Waals surface area contributed by atoms with Crippen LogP contribution in [0.5, 0.6) is 0 Å². The Kier molecular flexibility index (Phi) is 4.14. The third-order valence-corrected chi connectivity index (χ3v) is 3.49. The van der Waals surface area contributed by atoms with Crippen LogP contribution in [-0.2, 0) is 0 Å². The maximum atomic E-state index is 12.3. The zero-order valence-corrected chi connectivity index (χ0v) is 12.4. The molecule has 0 radical (unpaired) electrons. The Morgan fingerprint density at radius 1 is 1.33 bits per heavy atom. The van der Waals surface area contributed by atoms with Gasteiger partial charge in [-0.15, -0.1) is 0 Å². The molecule has 1 amide bonds. The van der Waals surface area contributed by atoms with Crippen molar-refractivity contribution >= 4 is 16.8 Å². The summed E-state index contributed by atoms with van der Waals surface area (Å²) in [6.45, 7) is 5.75. The second-order valence-electron chi connectivity index (χ2n) is 6.17. The van der Waals surface area contributed by atoms with Gasteiger partial charge in [-0.1, -0.05) is 32.9 Å². The highest BCUT2D eigenvalue weighted by molar-refractivity contribution is 5.97. The van der Waals surface area contributed by atoms with Gasteiger partial charge in [-0.2, -0.15) is 0 Å². The van der Waals surface area contributed by atoms with Gasteiger partial charge in [-0.3, -0.25) is 9.59 Å². The number of fused-ring (bicyclic) bond motifs is 1. The molecule has 2 rings (SSSR count). The molecule has 0 aliphatic heterocycles. The van der Waals surface area contributed by atoms with E-state index < -0.39 is 12.0 Å². The molecule has 21 heavy (non-hydrogen) atoms. The van der Waals surface area contributed by atoms with Crippen molar-refractivity contribution in [3.8, 4) is 0 Å². The molecule has 2 aromatic rings. The number of aromatic nitrogens is 1. The van der Waals surface area contributed by atoms with Crippen molar-refractivity contribution in [3.05, 3.63) is 46.2 Å². The van der Waals surface area contributed by atoms with Crippen molar-refractivity contribution in [2.24, 2.45) is 5.41 Å². The summed E-state index contributed by atoms with van der Waals surface area (Å²) in [7, 11) is 0. The van der Waals surface area contributed by atoms with E-state index >= 15 is 0 Å². The van der Waals surface area contributed by atoms with E-state index in [0.29, 0.717) is 10.9 Å². The van der Waals surface area contributed by atoms with Gasteiger partial charge in [-0.05, 0) is 17.5 Å². The minimum atomic E-state index is -0.680. The normalized spacial score (nSPS) is 13.1. The predicted molar refractivity (Wildman–Crippen MR) is 82.4 cm³/mol. The third-order valence-electron chi connectivity index (χ3n) is 3.49. The van der Waals surface area contributed by atoms with Gasteiger partial charge in [0.05, 0.1) is 6.10 Å². The Hall–Kier alpha value is -2.14. The summed E-state index contributed by atoms with van der Waals surface area (Å²) < 4.78 is 0. The van der Waals surface area contributed by atoms with E-state index in [2.05, 4.69) is 10.3 Å². The molecule has 5 heteroatoms. The Morgan fingerprint density at radius 3 is 2.67 bits per heavy atom. The van der Waals surface area contributed by atoms with Gasteiger partial charge in [-0.25, -0.2) is 0 Å². The van der Waals surface area contributed by atoms with Crippen LogP contribution in [0.2, 0.25) is 0 Å². The highest BCUT2D eigenvalue weighted by Crippen LogP contribution is 2.18. The summed E-state index contributed by atoms with van der Waals surface area (Å²) >= 11 is 0. The Bertz CT molecular complexity index is 713. The van der Waals surface area contributed by atoms with Crippen LogP contribution >= 0.6 is 0 Å². The van der Waals surface area contributed by atoms with Gasteiger partial charge in [0, 0.05) is 23.6 Å². The molecule has 1 atom stereocenters. The molecule has 1 heterocycles. The number of rotatable bonds is 3. The summed E-state index contributed by atoms with van der Waals surface area (Å²) in [6.07, 6.45) is 0.727. The zero-order chi connectivity index (χ0) is 15.6. The summed E-state index contributed by atoms with van der Waals surface area (Å²) in [4.78, 5) is 27.3. The summed E-state index contributed by atoms with van der Waals surface area (Å²) in [6, 6.07) is 7.02. The molecular weight excluding hydrogens is 268 g/mol. The van der Waals surface area contributed by atoms with Gasteiger partial charge in [0.15, 0.2) is 0 Å². The summed E-state index contributed by atoms with van der Waals surface area (Å²) in [5.74, 6) is -0.481. The van der Waals surface area contributed by atoms with Crippen molar-refractivity contribution in [1.82, 2.24) is 10.3 Å². The fourth-order valence-electron chi connectivity index (χ4n) is 1.93. The monoisotopic (exact) mass is 288 g/mol. The number of aliphatic hydroxyl groups is 1. The molecule has 1 aromatic heterocycles. The van der Waals surface area contributed by atoms with Gasteiger partial charge in [0.1, 0.15) is 5.56 Å². The number of benzene rings is 1. The molecule has 1 unspecified atom stereocenters. The first-order valence-electron chi connectivity index (χ1n) is 6.87. The average molecular weight is 288 g/mol. The topological polar surface area (TPSA) is 82.2 Å². The van der Waals surface area contributed by atoms with Crippen LogP contribution in [0.15, 0.2) is 35.3 Å². The van der Waals surface area contributed by atoms with Gasteiger partial charge in [0.25, 0.3) is 5.91 Å². The van der Waals surface area contributed by atoms with Crippen LogP contribution in [0.25, 0.3) is 10.9 Å². The van der Waals surface area contributed by atoms with Gasteiger partial charge in [0.2, 0.25) is 5.43 Å². The van der Waals surface area contributed by atoms with Gasteiger partial charge < -0.3 is 15.4 Å². The Balaban J connectivity index is 2.21. The first-order chi connectivity index (χ1) is 9.80. The van der Waals surface area contributed by atoms with E-state index in [-0.39, 0.29) is 23.0 Å². The number of amides is 1. The lowest BCUT2D eigenvalue weighted by molar-refractivity contribution is 0.0586. The van der Waals surface area contributed by atoms with E-state index in [1.54, 1.807) is 18.2 Å². The summed E-state index contributed by atoms with van der Waals surface area (Å²) in [5.41, 5.74) is 0.0963. The standard InChI is InChI=1S/C16H20N2O3/c1-16(2,3)13(19)9-18-15(21)11-8-17-12-7-5-4-6-10(12)14(11)20/h4-8,13,19H,9H2,1-3H3,(H,17,20)(H,18,21). The number of nitrogens with one attached hydrogen (secondary N) is 2. The average Bonchev–Trinajstić information content (AvgIpc) is 2.44. The van der Waals surface area contributed by atoms with E-state index in [0.717, 1.165) is 0 Å². The molecule has 0 aliphatic carbocycles. The van der Waals surface area contributed by atoms with Crippen LogP contribution in [0.3, 0.4) is 0 Å². The predicted octanol–water partition coefficient (Wildman–Crippen LogP) is 1.66. The lowest BCUT2D eigenvalue weighted by atomic mass is 9.89. The molecule has 5 nitrogen and oxygen atoms in total. The maximum Gasteiger partial charge on any atom is 0.256 e. The number of hydrogen-bond donors (Lipinski definition) is 3. The highest BCUT2D eigenvalue weighted by atomic mass is 16.3.